The largest absolute Gasteiger partial charge is 0.468 e. The topological polar surface area (TPSA) is 120 Å². The van der Waals surface area contributed by atoms with Crippen LogP contribution in [0.1, 0.15) is 37.6 Å². The second kappa shape index (κ2) is 9.36. The molecule has 1 fully saturated rings. The molecule has 4 N–H and O–H groups in total. The van der Waals surface area contributed by atoms with Gasteiger partial charge in [0.05, 0.1) is 13.2 Å². The highest BCUT2D eigenvalue weighted by molar-refractivity contribution is 6.00. The fraction of sp³-hybridized carbons (Fsp3) is 0.526. The van der Waals surface area contributed by atoms with E-state index in [0.29, 0.717) is 24.3 Å². The summed E-state index contributed by atoms with van der Waals surface area (Å²) in [4.78, 5) is 35.7. The number of rotatable bonds is 7. The Kier molecular flexibility index (Phi) is 7.98. The molecular formula is C19H28ClN3O5. The smallest absolute Gasteiger partial charge is 0.325 e. The molecule has 156 valence electrons. The minimum absolute atomic E-state index is 0. The molecular weight excluding hydrogens is 386 g/mol. The average molecular weight is 414 g/mol. The molecule has 1 aromatic carbocycles. The van der Waals surface area contributed by atoms with Crippen LogP contribution in [0.2, 0.25) is 0 Å². The second-order valence-electron chi connectivity index (χ2n) is 7.13. The Bertz CT molecular complexity index is 723. The predicted octanol–water partition coefficient (Wildman–Crippen LogP) is 1.48. The molecule has 1 saturated carbocycles. The van der Waals surface area contributed by atoms with E-state index in [9.17, 15) is 14.4 Å². The molecule has 9 heteroatoms. The lowest BCUT2D eigenvalue weighted by molar-refractivity contribution is -0.166. The van der Waals surface area contributed by atoms with Crippen LogP contribution in [0.4, 0.5) is 5.69 Å². The predicted molar refractivity (Wildman–Crippen MR) is 107 cm³/mol. The van der Waals surface area contributed by atoms with Crippen LogP contribution in [-0.2, 0) is 19.1 Å². The summed E-state index contributed by atoms with van der Waals surface area (Å²) in [5, 5.41) is 5.25. The number of halogens is 1. The molecule has 0 aromatic heterocycles. The number of nitrogens with two attached hydrogens (primary N) is 1. The highest BCUT2D eigenvalue weighted by atomic mass is 35.5. The number of carbonyl (C=O) groups is 3. The Labute approximate surface area is 170 Å². The van der Waals surface area contributed by atoms with E-state index in [2.05, 4.69) is 15.4 Å². The number of nitrogens with one attached hydrogen (secondary N) is 2. The maximum Gasteiger partial charge on any atom is 0.325 e. The number of carbonyl (C=O) groups excluding carboxylic acids is 3. The summed E-state index contributed by atoms with van der Waals surface area (Å²) in [6.45, 7) is 6.12. The fourth-order valence-electron chi connectivity index (χ4n) is 3.09. The zero-order chi connectivity index (χ0) is 20.2. The number of ether oxygens (including phenoxy) is 2. The molecule has 0 heterocycles. The van der Waals surface area contributed by atoms with E-state index in [1.54, 1.807) is 24.3 Å². The van der Waals surface area contributed by atoms with E-state index < -0.39 is 22.8 Å². The quantitative estimate of drug-likeness (QED) is 0.582. The van der Waals surface area contributed by atoms with Crippen LogP contribution in [0, 0.1) is 5.41 Å². The van der Waals surface area contributed by atoms with Gasteiger partial charge < -0.3 is 25.8 Å². The third-order valence-electron chi connectivity index (χ3n) is 5.26. The van der Waals surface area contributed by atoms with Crippen LogP contribution in [0.5, 0.6) is 0 Å². The molecule has 2 unspecified atom stereocenters. The Morgan fingerprint density at radius 1 is 1.21 bits per heavy atom. The summed E-state index contributed by atoms with van der Waals surface area (Å²) in [5.74, 6) is -1.23. The first-order valence-electron chi connectivity index (χ1n) is 8.82. The van der Waals surface area contributed by atoms with Gasteiger partial charge in [-0.15, -0.1) is 12.4 Å². The molecule has 2 rings (SSSR count). The molecule has 2 atom stereocenters. The first-order chi connectivity index (χ1) is 12.7. The normalized spacial score (nSPS) is 22.2. The van der Waals surface area contributed by atoms with Crippen molar-refractivity contribution in [1.29, 1.82) is 0 Å². The molecule has 0 spiro atoms. The minimum atomic E-state index is -1.02. The molecule has 0 radical (unpaired) electrons. The van der Waals surface area contributed by atoms with E-state index in [-0.39, 0.29) is 31.0 Å². The summed E-state index contributed by atoms with van der Waals surface area (Å²) < 4.78 is 10.1. The molecule has 1 aromatic rings. The SMILES string of the molecule is CCOC1CC(N)(C(=O)Nc2ccc(C(=O)NCC(=O)OC)cc2)C1(C)C.Cl. The van der Waals surface area contributed by atoms with Crippen LogP contribution in [0.3, 0.4) is 0 Å². The Balaban J connectivity index is 0.00000392. The van der Waals surface area contributed by atoms with Gasteiger partial charge in [0, 0.05) is 29.7 Å². The third-order valence-corrected chi connectivity index (χ3v) is 5.26. The minimum Gasteiger partial charge on any atom is -0.468 e. The molecule has 0 saturated heterocycles. The van der Waals surface area contributed by atoms with E-state index in [0.717, 1.165) is 0 Å². The van der Waals surface area contributed by atoms with Gasteiger partial charge in [0.2, 0.25) is 5.91 Å². The van der Waals surface area contributed by atoms with Crippen molar-refractivity contribution >= 4 is 35.9 Å². The number of esters is 1. The molecule has 8 nitrogen and oxygen atoms in total. The average Bonchev–Trinajstić information content (AvgIpc) is 2.65. The van der Waals surface area contributed by atoms with Gasteiger partial charge >= 0.3 is 5.97 Å². The number of benzene rings is 1. The van der Waals surface area contributed by atoms with Gasteiger partial charge in [-0.1, -0.05) is 13.8 Å². The monoisotopic (exact) mass is 413 g/mol. The van der Waals surface area contributed by atoms with Crippen molar-refractivity contribution in [3.8, 4) is 0 Å². The Morgan fingerprint density at radius 2 is 1.82 bits per heavy atom. The number of anilines is 1. The van der Waals surface area contributed by atoms with Crippen LogP contribution in [-0.4, -0.2) is 49.7 Å². The van der Waals surface area contributed by atoms with Gasteiger partial charge in [0.15, 0.2) is 0 Å². The van der Waals surface area contributed by atoms with E-state index >= 15 is 0 Å². The number of methoxy groups -OCH3 is 1. The molecule has 1 aliphatic carbocycles. The van der Waals surface area contributed by atoms with E-state index in [4.69, 9.17) is 10.5 Å². The highest BCUT2D eigenvalue weighted by Gasteiger charge is 2.62. The lowest BCUT2D eigenvalue weighted by Crippen LogP contribution is -2.74. The maximum atomic E-state index is 12.7. The fourth-order valence-corrected chi connectivity index (χ4v) is 3.09. The first kappa shape index (κ1) is 23.9. The zero-order valence-electron chi connectivity index (χ0n) is 16.5. The van der Waals surface area contributed by atoms with Crippen molar-refractivity contribution < 1.29 is 23.9 Å². The molecule has 0 aliphatic heterocycles. The highest BCUT2D eigenvalue weighted by Crippen LogP contribution is 2.50. The summed E-state index contributed by atoms with van der Waals surface area (Å²) in [7, 11) is 1.25. The maximum absolute atomic E-state index is 12.7. The molecule has 1 aliphatic rings. The van der Waals surface area contributed by atoms with Gasteiger partial charge in [-0.3, -0.25) is 14.4 Å². The van der Waals surface area contributed by atoms with Crippen molar-refractivity contribution in [2.45, 2.75) is 38.8 Å². The van der Waals surface area contributed by atoms with Gasteiger partial charge in [0.1, 0.15) is 12.1 Å². The van der Waals surface area contributed by atoms with Crippen molar-refractivity contribution in [3.05, 3.63) is 29.8 Å². The lowest BCUT2D eigenvalue weighted by Gasteiger charge is -2.57. The van der Waals surface area contributed by atoms with Gasteiger partial charge in [-0.2, -0.15) is 0 Å². The number of amides is 2. The second-order valence-corrected chi connectivity index (χ2v) is 7.13. The Morgan fingerprint density at radius 3 is 2.32 bits per heavy atom. The number of hydrogen-bond donors (Lipinski definition) is 3. The van der Waals surface area contributed by atoms with Gasteiger partial charge in [0.25, 0.3) is 5.91 Å². The van der Waals surface area contributed by atoms with Crippen LogP contribution >= 0.6 is 12.4 Å². The standard InChI is InChI=1S/C19H27N3O5.ClH/c1-5-27-14-10-19(20,18(14,2)3)17(25)22-13-8-6-12(7-9-13)16(24)21-11-15(23)26-4;/h6-9,14H,5,10-11,20H2,1-4H3,(H,21,24)(H,22,25);1H. The van der Waals surface area contributed by atoms with Gasteiger partial charge in [-0.05, 0) is 31.2 Å². The van der Waals surface area contributed by atoms with Crippen molar-refractivity contribution in [2.24, 2.45) is 11.1 Å². The lowest BCUT2D eigenvalue weighted by atomic mass is 9.54. The summed E-state index contributed by atoms with van der Waals surface area (Å²) in [6.07, 6.45) is 0.396. The van der Waals surface area contributed by atoms with E-state index in [1.807, 2.05) is 20.8 Å². The Hall–Kier alpha value is -2.16. The first-order valence-corrected chi connectivity index (χ1v) is 8.82. The molecule has 0 bridgehead atoms. The van der Waals surface area contributed by atoms with Crippen molar-refractivity contribution in [2.75, 3.05) is 25.6 Å². The molecule has 28 heavy (non-hydrogen) atoms. The zero-order valence-corrected chi connectivity index (χ0v) is 17.4. The van der Waals surface area contributed by atoms with Crippen molar-refractivity contribution in [1.82, 2.24) is 5.32 Å². The van der Waals surface area contributed by atoms with Crippen LogP contribution < -0.4 is 16.4 Å². The van der Waals surface area contributed by atoms with Crippen LogP contribution in [0.25, 0.3) is 0 Å². The van der Waals surface area contributed by atoms with Crippen molar-refractivity contribution in [3.63, 3.8) is 0 Å². The van der Waals surface area contributed by atoms with Crippen LogP contribution in [0.15, 0.2) is 24.3 Å². The van der Waals surface area contributed by atoms with E-state index in [1.165, 1.54) is 7.11 Å². The molecule has 2 amide bonds. The third kappa shape index (κ3) is 4.63. The summed E-state index contributed by atoms with van der Waals surface area (Å²) >= 11 is 0. The summed E-state index contributed by atoms with van der Waals surface area (Å²) in [5.41, 5.74) is 5.74. The number of hydrogen-bond acceptors (Lipinski definition) is 6. The van der Waals surface area contributed by atoms with Gasteiger partial charge in [-0.25, -0.2) is 0 Å². The summed E-state index contributed by atoms with van der Waals surface area (Å²) in [6, 6.07) is 6.33.